The lowest BCUT2D eigenvalue weighted by molar-refractivity contribution is -0.0487. The van der Waals surface area contributed by atoms with Gasteiger partial charge in [-0.2, -0.15) is 0 Å². The molecule has 0 amide bonds. The highest BCUT2D eigenvalue weighted by atomic mass is 16.3. The van der Waals surface area contributed by atoms with Gasteiger partial charge in [0.25, 0.3) is 0 Å². The van der Waals surface area contributed by atoms with Crippen LogP contribution < -0.4 is 0 Å². The summed E-state index contributed by atoms with van der Waals surface area (Å²) in [5.74, 6) is 0.806. The van der Waals surface area contributed by atoms with Crippen molar-refractivity contribution in [3.8, 4) is 0 Å². The van der Waals surface area contributed by atoms with Crippen molar-refractivity contribution in [3.63, 3.8) is 0 Å². The molecule has 2 heteroatoms. The molecule has 0 spiro atoms. The fourth-order valence-electron chi connectivity index (χ4n) is 3.37. The maximum atomic E-state index is 10.6. The summed E-state index contributed by atoms with van der Waals surface area (Å²) >= 11 is 0. The summed E-state index contributed by atoms with van der Waals surface area (Å²) in [5, 5.41) is 10.6. The normalized spacial score (nSPS) is 28.4. The van der Waals surface area contributed by atoms with Crippen LogP contribution in [0.2, 0.25) is 0 Å². The molecule has 2 atom stereocenters. The van der Waals surface area contributed by atoms with Gasteiger partial charge in [-0.05, 0) is 51.6 Å². The molecule has 0 bridgehead atoms. The van der Waals surface area contributed by atoms with Gasteiger partial charge in [-0.15, -0.1) is 0 Å². The van der Waals surface area contributed by atoms with Gasteiger partial charge >= 0.3 is 0 Å². The summed E-state index contributed by atoms with van der Waals surface area (Å²) in [6.45, 7) is 6.89. The third-order valence-electron chi connectivity index (χ3n) is 5.29. The van der Waals surface area contributed by atoms with Crippen molar-refractivity contribution in [1.29, 1.82) is 0 Å². The molecule has 2 rings (SSSR count). The van der Waals surface area contributed by atoms with Gasteiger partial charge in [0.2, 0.25) is 0 Å². The molecular weight excluding hydrogens is 210 g/mol. The molecule has 0 radical (unpaired) electrons. The molecule has 2 unspecified atom stereocenters. The molecule has 1 aliphatic heterocycles. The van der Waals surface area contributed by atoms with Crippen LogP contribution >= 0.6 is 0 Å². The Labute approximate surface area is 106 Å². The van der Waals surface area contributed by atoms with Crippen LogP contribution in [0.3, 0.4) is 0 Å². The summed E-state index contributed by atoms with van der Waals surface area (Å²) in [4.78, 5) is 2.56. The number of aliphatic hydroxyl groups is 1. The minimum Gasteiger partial charge on any atom is -0.391 e. The Balaban J connectivity index is 1.94. The quantitative estimate of drug-likeness (QED) is 0.796. The molecule has 1 saturated carbocycles. The molecule has 2 aliphatic rings. The van der Waals surface area contributed by atoms with Gasteiger partial charge in [0.05, 0.1) is 6.10 Å². The Bertz CT molecular complexity index is 233. The lowest BCUT2D eigenvalue weighted by Crippen LogP contribution is -2.56. The molecule has 0 aromatic carbocycles. The highest BCUT2D eigenvalue weighted by Gasteiger charge is 2.39. The van der Waals surface area contributed by atoms with Crippen LogP contribution in [0.1, 0.15) is 65.2 Å². The SMILES string of the molecule is CCC(C)(C(O)CC1CCC1)N1CCCCC1. The van der Waals surface area contributed by atoms with E-state index in [9.17, 15) is 5.11 Å². The Morgan fingerprint density at radius 3 is 2.29 bits per heavy atom. The molecule has 1 aliphatic carbocycles. The molecule has 17 heavy (non-hydrogen) atoms. The number of aliphatic hydroxyl groups excluding tert-OH is 1. The number of hydrogen-bond donors (Lipinski definition) is 1. The molecule has 0 aromatic heterocycles. The van der Waals surface area contributed by atoms with Crippen molar-refractivity contribution in [2.24, 2.45) is 5.92 Å². The van der Waals surface area contributed by atoms with Gasteiger partial charge in [-0.1, -0.05) is 32.6 Å². The first-order chi connectivity index (χ1) is 8.16. The van der Waals surface area contributed by atoms with Gasteiger partial charge in [0.15, 0.2) is 0 Å². The second kappa shape index (κ2) is 5.71. The second-order valence-electron chi connectivity index (χ2n) is 6.31. The Morgan fingerprint density at radius 1 is 1.18 bits per heavy atom. The van der Waals surface area contributed by atoms with Crippen molar-refractivity contribution in [3.05, 3.63) is 0 Å². The van der Waals surface area contributed by atoms with E-state index in [0.717, 1.165) is 18.8 Å². The van der Waals surface area contributed by atoms with E-state index in [4.69, 9.17) is 0 Å². The first kappa shape index (κ1) is 13.4. The number of likely N-dealkylation sites (tertiary alicyclic amines) is 1. The smallest absolute Gasteiger partial charge is 0.0723 e. The molecule has 1 saturated heterocycles. The van der Waals surface area contributed by atoms with Crippen LogP contribution in [0.5, 0.6) is 0 Å². The number of nitrogens with zero attached hydrogens (tertiary/aromatic N) is 1. The van der Waals surface area contributed by atoms with E-state index < -0.39 is 0 Å². The van der Waals surface area contributed by atoms with Crippen molar-refractivity contribution < 1.29 is 5.11 Å². The van der Waals surface area contributed by atoms with Crippen LogP contribution in [-0.2, 0) is 0 Å². The first-order valence-corrected chi connectivity index (χ1v) is 7.60. The summed E-state index contributed by atoms with van der Waals surface area (Å²) in [5.41, 5.74) is 0.0238. The predicted molar refractivity (Wildman–Crippen MR) is 72.1 cm³/mol. The van der Waals surface area contributed by atoms with Gasteiger partial charge in [0, 0.05) is 5.54 Å². The van der Waals surface area contributed by atoms with E-state index in [1.807, 2.05) is 0 Å². The summed E-state index contributed by atoms with van der Waals surface area (Å²) < 4.78 is 0. The Kier molecular flexibility index (Phi) is 4.48. The maximum Gasteiger partial charge on any atom is 0.0723 e. The van der Waals surface area contributed by atoms with E-state index >= 15 is 0 Å². The van der Waals surface area contributed by atoms with Crippen LogP contribution in [0.25, 0.3) is 0 Å². The monoisotopic (exact) mass is 239 g/mol. The standard InChI is InChI=1S/C15H29NO/c1-3-15(2,16-10-5-4-6-11-16)14(17)12-13-8-7-9-13/h13-14,17H,3-12H2,1-2H3. The number of piperidine rings is 1. The first-order valence-electron chi connectivity index (χ1n) is 7.60. The molecule has 2 nitrogen and oxygen atoms in total. The lowest BCUT2D eigenvalue weighted by Gasteiger charge is -2.47. The minimum atomic E-state index is -0.129. The van der Waals surface area contributed by atoms with E-state index in [2.05, 4.69) is 18.7 Å². The predicted octanol–water partition coefficient (Wildman–Crippen LogP) is 3.19. The zero-order chi connectivity index (χ0) is 12.3. The molecule has 1 heterocycles. The lowest BCUT2D eigenvalue weighted by atomic mass is 9.76. The van der Waals surface area contributed by atoms with Gasteiger partial charge in [-0.25, -0.2) is 0 Å². The number of rotatable bonds is 5. The molecular formula is C15H29NO. The van der Waals surface area contributed by atoms with E-state index in [1.165, 1.54) is 51.6 Å². The molecule has 2 fully saturated rings. The zero-order valence-corrected chi connectivity index (χ0v) is 11.6. The van der Waals surface area contributed by atoms with E-state index in [-0.39, 0.29) is 11.6 Å². The summed E-state index contributed by atoms with van der Waals surface area (Å²) in [7, 11) is 0. The van der Waals surface area contributed by atoms with Crippen molar-refractivity contribution in [1.82, 2.24) is 4.90 Å². The van der Waals surface area contributed by atoms with E-state index in [0.29, 0.717) is 0 Å². The van der Waals surface area contributed by atoms with Crippen molar-refractivity contribution in [2.75, 3.05) is 13.1 Å². The average molecular weight is 239 g/mol. The van der Waals surface area contributed by atoms with Gasteiger partial charge in [-0.3, -0.25) is 4.90 Å². The fourth-order valence-corrected chi connectivity index (χ4v) is 3.37. The van der Waals surface area contributed by atoms with Crippen LogP contribution in [0, 0.1) is 5.92 Å². The zero-order valence-electron chi connectivity index (χ0n) is 11.6. The van der Waals surface area contributed by atoms with Crippen molar-refractivity contribution in [2.45, 2.75) is 76.9 Å². The fraction of sp³-hybridized carbons (Fsp3) is 1.00. The van der Waals surface area contributed by atoms with Gasteiger partial charge < -0.3 is 5.11 Å². The van der Waals surface area contributed by atoms with Crippen LogP contribution in [0.4, 0.5) is 0 Å². The second-order valence-corrected chi connectivity index (χ2v) is 6.31. The highest BCUT2D eigenvalue weighted by molar-refractivity contribution is 4.94. The third-order valence-corrected chi connectivity index (χ3v) is 5.29. The topological polar surface area (TPSA) is 23.5 Å². The Hall–Kier alpha value is -0.0800. The maximum absolute atomic E-state index is 10.6. The molecule has 100 valence electrons. The third kappa shape index (κ3) is 2.85. The summed E-state index contributed by atoms with van der Waals surface area (Å²) in [6.07, 6.45) is 10.0. The average Bonchev–Trinajstić information content (AvgIpc) is 2.33. The van der Waals surface area contributed by atoms with Gasteiger partial charge in [0.1, 0.15) is 0 Å². The van der Waals surface area contributed by atoms with Crippen LogP contribution in [-0.4, -0.2) is 34.7 Å². The van der Waals surface area contributed by atoms with Crippen LogP contribution in [0.15, 0.2) is 0 Å². The largest absolute Gasteiger partial charge is 0.391 e. The summed E-state index contributed by atoms with van der Waals surface area (Å²) in [6, 6.07) is 0. The molecule has 0 aromatic rings. The Morgan fingerprint density at radius 2 is 1.82 bits per heavy atom. The molecule has 1 N–H and O–H groups in total. The van der Waals surface area contributed by atoms with E-state index in [1.54, 1.807) is 0 Å². The van der Waals surface area contributed by atoms with Crippen molar-refractivity contribution >= 4 is 0 Å². The highest BCUT2D eigenvalue weighted by Crippen LogP contribution is 2.36. The number of hydrogen-bond acceptors (Lipinski definition) is 2. The minimum absolute atomic E-state index is 0.0238.